The molecular formula is C16H10Cl2O4. The number of fused-ring (bicyclic) bond motifs is 1. The summed E-state index contributed by atoms with van der Waals surface area (Å²) in [7, 11) is 1.36. The van der Waals surface area contributed by atoms with Gasteiger partial charge in [0.25, 0.3) is 0 Å². The van der Waals surface area contributed by atoms with Crippen LogP contribution >= 0.6 is 23.2 Å². The number of aromatic hydroxyl groups is 1. The topological polar surface area (TPSA) is 59.7 Å². The Kier molecular flexibility index (Phi) is 3.72. The van der Waals surface area contributed by atoms with Gasteiger partial charge in [-0.1, -0.05) is 53.5 Å². The minimum atomic E-state index is -0.441. The Balaban J connectivity index is 2.42. The van der Waals surface area contributed by atoms with Gasteiger partial charge in [-0.15, -0.1) is 0 Å². The number of benzene rings is 2. The Morgan fingerprint density at radius 1 is 1.14 bits per heavy atom. The summed E-state index contributed by atoms with van der Waals surface area (Å²) < 4.78 is 10.8. The van der Waals surface area contributed by atoms with Crippen molar-refractivity contribution in [2.24, 2.45) is 0 Å². The van der Waals surface area contributed by atoms with Gasteiger partial charge in [-0.05, 0) is 0 Å². The highest BCUT2D eigenvalue weighted by Crippen LogP contribution is 2.45. The number of ether oxygens (including phenoxy) is 1. The molecule has 0 radical (unpaired) electrons. The summed E-state index contributed by atoms with van der Waals surface area (Å²) in [4.78, 5) is 12.3. The first-order valence-electron chi connectivity index (χ1n) is 6.31. The van der Waals surface area contributed by atoms with Crippen molar-refractivity contribution in [3.63, 3.8) is 0 Å². The highest BCUT2D eigenvalue weighted by atomic mass is 35.5. The van der Waals surface area contributed by atoms with E-state index in [0.717, 1.165) is 0 Å². The number of methoxy groups -OCH3 is 1. The van der Waals surface area contributed by atoms with E-state index in [1.165, 1.54) is 13.2 Å². The van der Waals surface area contributed by atoms with Crippen molar-refractivity contribution in [2.45, 2.75) is 0 Å². The monoisotopic (exact) mass is 336 g/mol. The van der Waals surface area contributed by atoms with Gasteiger partial charge in [-0.3, -0.25) is 4.79 Å². The van der Waals surface area contributed by atoms with Crippen LogP contribution in [0.4, 0.5) is 0 Å². The molecule has 2 aromatic carbocycles. The highest BCUT2D eigenvalue weighted by molar-refractivity contribution is 6.41. The molecule has 0 atom stereocenters. The van der Waals surface area contributed by atoms with E-state index in [1.807, 2.05) is 18.2 Å². The van der Waals surface area contributed by atoms with Crippen LogP contribution in [0.1, 0.15) is 0 Å². The summed E-state index contributed by atoms with van der Waals surface area (Å²) in [5.74, 6) is -0.0169. The van der Waals surface area contributed by atoms with Crippen molar-refractivity contribution in [3.8, 4) is 22.8 Å². The largest absolute Gasteiger partial charge is 0.505 e. The Morgan fingerprint density at radius 3 is 2.45 bits per heavy atom. The quantitative estimate of drug-likeness (QED) is 0.749. The van der Waals surface area contributed by atoms with Crippen LogP contribution in [0.3, 0.4) is 0 Å². The van der Waals surface area contributed by atoms with Crippen molar-refractivity contribution in [1.29, 1.82) is 0 Å². The van der Waals surface area contributed by atoms with Crippen LogP contribution in [-0.4, -0.2) is 12.2 Å². The first kappa shape index (κ1) is 14.8. The molecule has 0 aliphatic carbocycles. The Labute approximate surface area is 135 Å². The molecule has 3 rings (SSSR count). The van der Waals surface area contributed by atoms with Crippen molar-refractivity contribution in [3.05, 3.63) is 56.7 Å². The maximum atomic E-state index is 12.3. The summed E-state index contributed by atoms with van der Waals surface area (Å²) >= 11 is 12.2. The predicted molar refractivity (Wildman–Crippen MR) is 86.2 cm³/mol. The second-order valence-electron chi connectivity index (χ2n) is 4.55. The number of hydrogen-bond donors (Lipinski definition) is 1. The lowest BCUT2D eigenvalue weighted by molar-refractivity contribution is 0.408. The van der Waals surface area contributed by atoms with E-state index in [0.29, 0.717) is 11.3 Å². The van der Waals surface area contributed by atoms with E-state index in [-0.39, 0.29) is 26.8 Å². The highest BCUT2D eigenvalue weighted by Gasteiger charge is 2.22. The Bertz CT molecular complexity index is 917. The number of phenols is 1. The van der Waals surface area contributed by atoms with Crippen LogP contribution in [-0.2, 0) is 0 Å². The number of halogens is 2. The molecule has 0 bridgehead atoms. The van der Waals surface area contributed by atoms with Crippen molar-refractivity contribution in [2.75, 3.05) is 7.11 Å². The molecule has 0 saturated heterocycles. The first-order chi connectivity index (χ1) is 10.5. The molecule has 0 spiro atoms. The SMILES string of the molecule is COc1c(Cl)c(O)c2c(=O)cc(-c3ccccc3)oc2c1Cl. The van der Waals surface area contributed by atoms with Gasteiger partial charge in [-0.25, -0.2) is 0 Å². The fourth-order valence-corrected chi connectivity index (χ4v) is 2.83. The Hall–Kier alpha value is -2.17. The van der Waals surface area contributed by atoms with E-state index < -0.39 is 11.2 Å². The second-order valence-corrected chi connectivity index (χ2v) is 5.31. The van der Waals surface area contributed by atoms with Gasteiger partial charge in [0, 0.05) is 11.6 Å². The van der Waals surface area contributed by atoms with Crippen molar-refractivity contribution < 1.29 is 14.3 Å². The molecule has 0 aliphatic rings. The normalized spacial score (nSPS) is 10.9. The molecule has 3 aromatic rings. The summed E-state index contributed by atoms with van der Waals surface area (Å²) in [5, 5.41) is 9.94. The van der Waals surface area contributed by atoms with Crippen molar-refractivity contribution >= 4 is 34.2 Å². The summed E-state index contributed by atoms with van der Waals surface area (Å²) in [6, 6.07) is 10.4. The average molecular weight is 337 g/mol. The standard InChI is InChI=1S/C16H10Cl2O4/c1-21-16-12(17)14(20)11-9(19)7-10(22-15(11)13(16)18)8-5-3-2-4-6-8/h2-7,20H,1H3. The number of rotatable bonds is 2. The number of phenolic OH excluding ortho intramolecular Hbond substituents is 1. The minimum absolute atomic E-state index is 0.0340. The molecule has 0 aliphatic heterocycles. The zero-order valence-electron chi connectivity index (χ0n) is 11.4. The maximum Gasteiger partial charge on any atom is 0.197 e. The van der Waals surface area contributed by atoms with Crippen LogP contribution in [0.5, 0.6) is 11.5 Å². The van der Waals surface area contributed by atoms with Crippen LogP contribution in [0.2, 0.25) is 10.0 Å². The van der Waals surface area contributed by atoms with E-state index in [4.69, 9.17) is 32.4 Å². The minimum Gasteiger partial charge on any atom is -0.505 e. The van der Waals surface area contributed by atoms with E-state index >= 15 is 0 Å². The molecule has 0 saturated carbocycles. The zero-order chi connectivity index (χ0) is 15.9. The van der Waals surface area contributed by atoms with Crippen LogP contribution < -0.4 is 10.2 Å². The molecule has 1 N–H and O–H groups in total. The predicted octanol–water partition coefficient (Wildman–Crippen LogP) is 4.48. The molecule has 0 unspecified atom stereocenters. The molecule has 112 valence electrons. The summed E-state index contributed by atoms with van der Waals surface area (Å²) in [5.41, 5.74) is 0.307. The van der Waals surface area contributed by atoms with Gasteiger partial charge < -0.3 is 14.3 Å². The van der Waals surface area contributed by atoms with Gasteiger partial charge in [0.15, 0.2) is 22.5 Å². The van der Waals surface area contributed by atoms with Gasteiger partial charge in [0.2, 0.25) is 0 Å². The van der Waals surface area contributed by atoms with E-state index in [1.54, 1.807) is 12.1 Å². The second kappa shape index (κ2) is 5.55. The molecule has 0 fully saturated rings. The van der Waals surface area contributed by atoms with Crippen LogP contribution in [0.15, 0.2) is 45.6 Å². The lowest BCUT2D eigenvalue weighted by Crippen LogP contribution is -2.02. The third-order valence-electron chi connectivity index (χ3n) is 3.25. The van der Waals surface area contributed by atoms with Gasteiger partial charge in [0.1, 0.15) is 21.2 Å². The van der Waals surface area contributed by atoms with Gasteiger partial charge in [0.05, 0.1) is 7.11 Å². The van der Waals surface area contributed by atoms with E-state index in [9.17, 15) is 9.90 Å². The molecule has 4 nitrogen and oxygen atoms in total. The zero-order valence-corrected chi connectivity index (χ0v) is 12.9. The third kappa shape index (κ3) is 2.21. The molecule has 0 amide bonds. The van der Waals surface area contributed by atoms with Gasteiger partial charge >= 0.3 is 0 Å². The molecule has 1 aromatic heterocycles. The summed E-state index contributed by atoms with van der Waals surface area (Å²) in [6.45, 7) is 0. The fraction of sp³-hybridized carbons (Fsp3) is 0.0625. The fourth-order valence-electron chi connectivity index (χ4n) is 2.21. The maximum absolute atomic E-state index is 12.3. The molecule has 1 heterocycles. The molecular weight excluding hydrogens is 327 g/mol. The van der Waals surface area contributed by atoms with Gasteiger partial charge in [-0.2, -0.15) is 0 Å². The summed E-state index contributed by atoms with van der Waals surface area (Å²) in [6.07, 6.45) is 0. The Morgan fingerprint density at radius 2 is 1.82 bits per heavy atom. The first-order valence-corrected chi connectivity index (χ1v) is 7.07. The molecule has 22 heavy (non-hydrogen) atoms. The lowest BCUT2D eigenvalue weighted by atomic mass is 10.1. The van der Waals surface area contributed by atoms with Crippen LogP contribution in [0, 0.1) is 0 Å². The smallest absolute Gasteiger partial charge is 0.197 e. The van der Waals surface area contributed by atoms with Crippen molar-refractivity contribution in [1.82, 2.24) is 0 Å². The third-order valence-corrected chi connectivity index (χ3v) is 3.95. The lowest BCUT2D eigenvalue weighted by Gasteiger charge is -2.11. The number of hydrogen-bond acceptors (Lipinski definition) is 4. The average Bonchev–Trinajstić information content (AvgIpc) is 2.53. The van der Waals surface area contributed by atoms with E-state index in [2.05, 4.69) is 0 Å². The molecule has 6 heteroatoms. The van der Waals surface area contributed by atoms with Crippen LogP contribution in [0.25, 0.3) is 22.3 Å².